The Balaban J connectivity index is 1.64. The molecule has 0 saturated carbocycles. The molecule has 2 aromatic rings. The number of sulfonamides is 1. The molecule has 0 bridgehead atoms. The number of hydrogen-bond donors (Lipinski definition) is 1. The maximum absolute atomic E-state index is 13.1. The van der Waals surface area contributed by atoms with Gasteiger partial charge in [0, 0.05) is 50.2 Å². The van der Waals surface area contributed by atoms with Gasteiger partial charge >= 0.3 is 0 Å². The predicted molar refractivity (Wildman–Crippen MR) is 113 cm³/mol. The smallest absolute Gasteiger partial charge is 0.277 e. The highest BCUT2D eigenvalue weighted by atomic mass is 32.2. The van der Waals surface area contributed by atoms with Gasteiger partial charge in [-0.1, -0.05) is 6.92 Å². The largest absolute Gasteiger partial charge is 0.338 e. The van der Waals surface area contributed by atoms with Crippen molar-refractivity contribution >= 4 is 21.6 Å². The molecule has 164 valence electrons. The van der Waals surface area contributed by atoms with Gasteiger partial charge in [-0.05, 0) is 26.2 Å². The number of fused-ring (bicyclic) bond motifs is 2. The molecule has 0 spiro atoms. The van der Waals surface area contributed by atoms with Gasteiger partial charge in [-0.25, -0.2) is 22.2 Å². The molecule has 1 fully saturated rings. The second kappa shape index (κ2) is 8.14. The van der Waals surface area contributed by atoms with Crippen LogP contribution in [0.15, 0.2) is 10.9 Å². The summed E-state index contributed by atoms with van der Waals surface area (Å²) in [5.74, 6) is 0.160. The van der Waals surface area contributed by atoms with Crippen LogP contribution in [-0.2, 0) is 27.8 Å². The molecule has 1 saturated heterocycles. The zero-order chi connectivity index (χ0) is 21.5. The lowest BCUT2D eigenvalue weighted by Crippen LogP contribution is -2.40. The average Bonchev–Trinajstić information content (AvgIpc) is 3.18. The SMILES string of the molecule is CCCC(=O)N1CCc2nc3cc([C@@H]4CCCN(S(=O)(=O)CC)C4)[nH]n3c(=O)c2C1. The summed E-state index contributed by atoms with van der Waals surface area (Å²) in [6.45, 7) is 5.46. The van der Waals surface area contributed by atoms with Crippen LogP contribution in [0.25, 0.3) is 5.65 Å². The molecule has 4 heterocycles. The first-order valence-corrected chi connectivity index (χ1v) is 12.3. The van der Waals surface area contributed by atoms with Gasteiger partial charge in [-0.3, -0.25) is 14.7 Å². The van der Waals surface area contributed by atoms with Crippen LogP contribution in [0.3, 0.4) is 0 Å². The summed E-state index contributed by atoms with van der Waals surface area (Å²) >= 11 is 0. The number of aromatic nitrogens is 3. The summed E-state index contributed by atoms with van der Waals surface area (Å²) in [5.41, 5.74) is 2.53. The van der Waals surface area contributed by atoms with Crippen molar-refractivity contribution in [1.29, 1.82) is 0 Å². The van der Waals surface area contributed by atoms with Crippen LogP contribution < -0.4 is 5.56 Å². The number of carbonyl (C=O) groups is 1. The third kappa shape index (κ3) is 3.78. The zero-order valence-corrected chi connectivity index (χ0v) is 18.4. The van der Waals surface area contributed by atoms with Gasteiger partial charge in [0.25, 0.3) is 5.56 Å². The minimum atomic E-state index is -3.23. The van der Waals surface area contributed by atoms with Crippen molar-refractivity contribution in [1.82, 2.24) is 23.8 Å². The van der Waals surface area contributed by atoms with Gasteiger partial charge in [-0.2, -0.15) is 0 Å². The van der Waals surface area contributed by atoms with E-state index < -0.39 is 10.0 Å². The van der Waals surface area contributed by atoms with Gasteiger partial charge in [0.05, 0.1) is 23.6 Å². The standard InChI is InChI=1S/C20H29N5O4S/c1-3-6-19(26)23-10-8-16-15(13-23)20(27)25-18(21-16)11-17(22-25)14-7-5-9-24(12-14)30(28,29)4-2/h11,14,22H,3-10,12-13H2,1-2H3/t14-/m1/s1. The number of rotatable bonds is 5. The van der Waals surface area contributed by atoms with E-state index in [9.17, 15) is 18.0 Å². The van der Waals surface area contributed by atoms with Crippen molar-refractivity contribution in [3.05, 3.63) is 33.4 Å². The first-order valence-electron chi connectivity index (χ1n) is 10.7. The van der Waals surface area contributed by atoms with Crippen molar-refractivity contribution in [2.75, 3.05) is 25.4 Å². The summed E-state index contributed by atoms with van der Waals surface area (Å²) in [6.07, 6.45) is 3.48. The predicted octanol–water partition coefficient (Wildman–Crippen LogP) is 1.24. The number of piperidine rings is 1. The monoisotopic (exact) mass is 435 g/mol. The van der Waals surface area contributed by atoms with Crippen LogP contribution in [0.1, 0.15) is 62.4 Å². The molecule has 10 heteroatoms. The summed E-state index contributed by atoms with van der Waals surface area (Å²) in [6, 6.07) is 1.86. The molecule has 0 unspecified atom stereocenters. The van der Waals surface area contributed by atoms with E-state index in [0.717, 1.165) is 30.7 Å². The quantitative estimate of drug-likeness (QED) is 0.760. The maximum atomic E-state index is 13.1. The summed E-state index contributed by atoms with van der Waals surface area (Å²) in [7, 11) is -3.23. The molecule has 1 atom stereocenters. The van der Waals surface area contributed by atoms with Gasteiger partial charge in [0.1, 0.15) is 0 Å². The number of H-pyrrole nitrogens is 1. The highest BCUT2D eigenvalue weighted by Gasteiger charge is 2.30. The topological polar surface area (TPSA) is 108 Å². The van der Waals surface area contributed by atoms with E-state index in [1.165, 1.54) is 4.52 Å². The van der Waals surface area contributed by atoms with E-state index in [-0.39, 0.29) is 23.1 Å². The Morgan fingerprint density at radius 1 is 1.30 bits per heavy atom. The van der Waals surface area contributed by atoms with Crippen LogP contribution in [0.4, 0.5) is 0 Å². The number of nitrogens with one attached hydrogen (secondary N) is 1. The molecule has 1 amide bonds. The van der Waals surface area contributed by atoms with Gasteiger partial charge in [-0.15, -0.1) is 0 Å². The highest BCUT2D eigenvalue weighted by Crippen LogP contribution is 2.28. The first-order chi connectivity index (χ1) is 14.3. The average molecular weight is 436 g/mol. The lowest BCUT2D eigenvalue weighted by molar-refractivity contribution is -0.132. The summed E-state index contributed by atoms with van der Waals surface area (Å²) < 4.78 is 27.5. The fraction of sp³-hybridized carbons (Fsp3) is 0.650. The Morgan fingerprint density at radius 2 is 2.10 bits per heavy atom. The molecule has 0 aliphatic carbocycles. The molecule has 2 aliphatic rings. The van der Waals surface area contributed by atoms with Gasteiger partial charge < -0.3 is 4.90 Å². The molecule has 4 rings (SSSR count). The van der Waals surface area contributed by atoms with E-state index in [4.69, 9.17) is 0 Å². The number of carbonyl (C=O) groups excluding carboxylic acids is 1. The summed E-state index contributed by atoms with van der Waals surface area (Å²) in [5, 5.41) is 3.16. The number of aromatic amines is 1. The molecule has 2 aliphatic heterocycles. The highest BCUT2D eigenvalue weighted by molar-refractivity contribution is 7.89. The zero-order valence-electron chi connectivity index (χ0n) is 17.6. The Morgan fingerprint density at radius 3 is 2.83 bits per heavy atom. The van der Waals surface area contributed by atoms with E-state index in [0.29, 0.717) is 50.2 Å². The lowest BCUT2D eigenvalue weighted by Gasteiger charge is -2.31. The van der Waals surface area contributed by atoms with Crippen LogP contribution in [0.2, 0.25) is 0 Å². The van der Waals surface area contributed by atoms with Gasteiger partial charge in [0.2, 0.25) is 15.9 Å². The third-order valence-electron chi connectivity index (χ3n) is 6.18. The fourth-order valence-electron chi connectivity index (χ4n) is 4.43. The molecule has 1 N–H and O–H groups in total. The number of hydrogen-bond acceptors (Lipinski definition) is 5. The Hall–Kier alpha value is -2.20. The molecule has 0 radical (unpaired) electrons. The molecular formula is C20H29N5O4S. The molecule has 0 aromatic carbocycles. The van der Waals surface area contributed by atoms with Crippen LogP contribution in [-0.4, -0.2) is 63.5 Å². The fourth-order valence-corrected chi connectivity index (χ4v) is 5.60. The molecule has 2 aromatic heterocycles. The van der Waals surface area contributed by atoms with Crippen molar-refractivity contribution in [3.8, 4) is 0 Å². The second-order valence-electron chi connectivity index (χ2n) is 8.16. The first kappa shape index (κ1) is 21.0. The van der Waals surface area contributed by atoms with Crippen LogP contribution in [0.5, 0.6) is 0 Å². The Kier molecular flexibility index (Phi) is 5.71. The third-order valence-corrected chi connectivity index (χ3v) is 8.03. The second-order valence-corrected chi connectivity index (χ2v) is 10.4. The van der Waals surface area contributed by atoms with Crippen LogP contribution in [0, 0.1) is 0 Å². The van der Waals surface area contributed by atoms with E-state index in [2.05, 4.69) is 10.1 Å². The Bertz CT molecular complexity index is 1120. The number of amides is 1. The summed E-state index contributed by atoms with van der Waals surface area (Å²) in [4.78, 5) is 31.8. The van der Waals surface area contributed by atoms with E-state index in [1.807, 2.05) is 13.0 Å². The van der Waals surface area contributed by atoms with E-state index in [1.54, 1.807) is 16.1 Å². The van der Waals surface area contributed by atoms with Crippen LogP contribution >= 0.6 is 0 Å². The minimum Gasteiger partial charge on any atom is -0.338 e. The molecular weight excluding hydrogens is 406 g/mol. The molecule has 9 nitrogen and oxygen atoms in total. The van der Waals surface area contributed by atoms with Gasteiger partial charge in [0.15, 0.2) is 5.65 Å². The normalized spacial score (nSPS) is 20.5. The lowest BCUT2D eigenvalue weighted by atomic mass is 9.96. The van der Waals surface area contributed by atoms with Crippen molar-refractivity contribution in [2.45, 2.75) is 58.4 Å². The van der Waals surface area contributed by atoms with Crippen molar-refractivity contribution in [2.24, 2.45) is 0 Å². The maximum Gasteiger partial charge on any atom is 0.277 e. The van der Waals surface area contributed by atoms with Crippen molar-refractivity contribution < 1.29 is 13.2 Å². The number of nitrogens with zero attached hydrogens (tertiary/aromatic N) is 4. The Labute approximate surface area is 176 Å². The van der Waals surface area contributed by atoms with Crippen molar-refractivity contribution in [3.63, 3.8) is 0 Å². The minimum absolute atomic E-state index is 0.000772. The van der Waals surface area contributed by atoms with E-state index >= 15 is 0 Å². The molecule has 30 heavy (non-hydrogen) atoms.